The Balaban J connectivity index is 2.20. The van der Waals surface area contributed by atoms with Crippen molar-refractivity contribution in [2.75, 3.05) is 6.61 Å². The van der Waals surface area contributed by atoms with Crippen LogP contribution in [0.25, 0.3) is 5.69 Å². The van der Waals surface area contributed by atoms with Crippen LogP contribution in [0.5, 0.6) is 5.75 Å². The van der Waals surface area contributed by atoms with Gasteiger partial charge in [0.25, 0.3) is 0 Å². The fourth-order valence-corrected chi connectivity index (χ4v) is 1.74. The summed E-state index contributed by atoms with van der Waals surface area (Å²) < 4.78 is 7.29. The Kier molecular flexibility index (Phi) is 3.99. The van der Waals surface area contributed by atoms with Crippen LogP contribution in [0.4, 0.5) is 0 Å². The molecule has 2 aromatic rings. The predicted molar refractivity (Wildman–Crippen MR) is 70.0 cm³/mol. The molecule has 0 amide bonds. The first-order chi connectivity index (χ1) is 8.74. The van der Waals surface area contributed by atoms with E-state index in [2.05, 4.69) is 12.0 Å². The number of aliphatic hydroxyl groups is 1. The fraction of sp³-hybridized carbons (Fsp3) is 0.357. The zero-order chi connectivity index (χ0) is 13.0. The van der Waals surface area contributed by atoms with E-state index in [9.17, 15) is 0 Å². The smallest absolute Gasteiger partial charge is 0.157 e. The van der Waals surface area contributed by atoms with Crippen LogP contribution in [0, 0.1) is 6.92 Å². The summed E-state index contributed by atoms with van der Waals surface area (Å²) in [6, 6.07) is 5.86. The zero-order valence-corrected chi connectivity index (χ0v) is 10.8. The van der Waals surface area contributed by atoms with Gasteiger partial charge in [-0.25, -0.2) is 4.68 Å². The molecule has 0 radical (unpaired) electrons. The monoisotopic (exact) mass is 246 g/mol. The molecule has 0 aliphatic carbocycles. The van der Waals surface area contributed by atoms with Crippen LogP contribution in [0.15, 0.2) is 30.6 Å². The number of ether oxygens (including phenoxy) is 1. The summed E-state index contributed by atoms with van der Waals surface area (Å²) in [5.41, 5.74) is 2.96. The Hall–Kier alpha value is -1.81. The normalized spacial score (nSPS) is 10.6. The van der Waals surface area contributed by atoms with Crippen molar-refractivity contribution in [3.63, 3.8) is 0 Å². The number of hydrogen-bond acceptors (Lipinski definition) is 3. The van der Waals surface area contributed by atoms with Crippen LogP contribution in [0.3, 0.4) is 0 Å². The van der Waals surface area contributed by atoms with E-state index in [0.717, 1.165) is 29.0 Å². The average Bonchev–Trinajstić information content (AvgIpc) is 2.85. The van der Waals surface area contributed by atoms with E-state index < -0.39 is 0 Å². The van der Waals surface area contributed by atoms with Gasteiger partial charge in [0.1, 0.15) is 0 Å². The molecule has 0 unspecified atom stereocenters. The molecule has 0 spiro atoms. The van der Waals surface area contributed by atoms with Crippen LogP contribution < -0.4 is 4.74 Å². The molecule has 2 rings (SSSR count). The maximum absolute atomic E-state index is 9.14. The third-order valence-electron chi connectivity index (χ3n) is 2.79. The van der Waals surface area contributed by atoms with Crippen molar-refractivity contribution in [3.8, 4) is 11.4 Å². The van der Waals surface area contributed by atoms with E-state index >= 15 is 0 Å². The van der Waals surface area contributed by atoms with Gasteiger partial charge >= 0.3 is 0 Å². The van der Waals surface area contributed by atoms with Crippen LogP contribution >= 0.6 is 0 Å². The number of nitrogens with zero attached hydrogens (tertiary/aromatic N) is 2. The second-order valence-electron chi connectivity index (χ2n) is 4.24. The molecule has 4 heteroatoms. The topological polar surface area (TPSA) is 47.3 Å². The van der Waals surface area contributed by atoms with Gasteiger partial charge < -0.3 is 9.84 Å². The highest BCUT2D eigenvalue weighted by Gasteiger charge is 2.04. The Labute approximate surface area is 107 Å². The van der Waals surface area contributed by atoms with Crippen LogP contribution in [-0.4, -0.2) is 21.5 Å². The Morgan fingerprint density at radius 1 is 1.39 bits per heavy atom. The quantitative estimate of drug-likeness (QED) is 0.881. The van der Waals surface area contributed by atoms with Crippen LogP contribution in [-0.2, 0) is 6.61 Å². The lowest BCUT2D eigenvalue weighted by Gasteiger charge is -2.06. The van der Waals surface area contributed by atoms with Gasteiger partial charge in [0.15, 0.2) is 5.75 Å². The Bertz CT molecular complexity index is 520. The minimum atomic E-state index is 0.0656. The summed E-state index contributed by atoms with van der Waals surface area (Å²) in [5, 5.41) is 13.4. The van der Waals surface area contributed by atoms with Gasteiger partial charge in [0.05, 0.1) is 31.3 Å². The van der Waals surface area contributed by atoms with Gasteiger partial charge in [0, 0.05) is 0 Å². The molecular formula is C14H18N2O2. The van der Waals surface area contributed by atoms with Crippen molar-refractivity contribution in [2.24, 2.45) is 0 Å². The third kappa shape index (κ3) is 2.71. The molecular weight excluding hydrogens is 228 g/mol. The van der Waals surface area contributed by atoms with E-state index in [0.29, 0.717) is 6.61 Å². The number of benzene rings is 1. The number of rotatable bonds is 5. The number of aromatic nitrogens is 2. The number of aliphatic hydroxyl groups excluding tert-OH is 1. The zero-order valence-electron chi connectivity index (χ0n) is 10.8. The molecule has 96 valence electrons. The molecule has 0 aliphatic heterocycles. The summed E-state index contributed by atoms with van der Waals surface area (Å²) in [6.45, 7) is 4.82. The first-order valence-electron chi connectivity index (χ1n) is 6.13. The first kappa shape index (κ1) is 12.6. The molecule has 1 aromatic carbocycles. The lowest BCUT2D eigenvalue weighted by atomic mass is 10.1. The number of aryl methyl sites for hydroxylation is 1. The van der Waals surface area contributed by atoms with Crippen molar-refractivity contribution in [1.82, 2.24) is 9.78 Å². The third-order valence-corrected chi connectivity index (χ3v) is 2.79. The van der Waals surface area contributed by atoms with Crippen molar-refractivity contribution in [1.29, 1.82) is 0 Å². The molecule has 1 heterocycles. The maximum atomic E-state index is 9.14. The molecule has 4 nitrogen and oxygen atoms in total. The minimum absolute atomic E-state index is 0.0656. The first-order valence-corrected chi connectivity index (χ1v) is 6.13. The highest BCUT2D eigenvalue weighted by Crippen LogP contribution is 2.17. The molecule has 0 atom stereocenters. The lowest BCUT2D eigenvalue weighted by molar-refractivity contribution is 0.281. The van der Waals surface area contributed by atoms with Gasteiger partial charge in [-0.2, -0.15) is 5.10 Å². The lowest BCUT2D eigenvalue weighted by Crippen LogP contribution is -1.97. The second kappa shape index (κ2) is 5.69. The summed E-state index contributed by atoms with van der Waals surface area (Å²) >= 11 is 0. The van der Waals surface area contributed by atoms with Crippen molar-refractivity contribution in [2.45, 2.75) is 26.9 Å². The molecule has 1 aromatic heterocycles. The molecule has 0 saturated carbocycles. The highest BCUT2D eigenvalue weighted by atomic mass is 16.5. The summed E-state index contributed by atoms with van der Waals surface area (Å²) in [6.07, 6.45) is 4.56. The van der Waals surface area contributed by atoms with Crippen molar-refractivity contribution < 1.29 is 9.84 Å². The van der Waals surface area contributed by atoms with E-state index in [1.165, 1.54) is 0 Å². The van der Waals surface area contributed by atoms with E-state index in [4.69, 9.17) is 9.84 Å². The van der Waals surface area contributed by atoms with E-state index in [1.54, 1.807) is 10.9 Å². The summed E-state index contributed by atoms with van der Waals surface area (Å²) in [7, 11) is 0. The number of hydrogen-bond donors (Lipinski definition) is 1. The minimum Gasteiger partial charge on any atom is -0.490 e. The SMILES string of the molecule is CCCOc1cnn(-c2ccc(CO)c(C)c2)c1. The average molecular weight is 246 g/mol. The Morgan fingerprint density at radius 3 is 2.89 bits per heavy atom. The molecule has 0 saturated heterocycles. The fourth-order valence-electron chi connectivity index (χ4n) is 1.74. The van der Waals surface area contributed by atoms with Crippen LogP contribution in [0.2, 0.25) is 0 Å². The predicted octanol–water partition coefficient (Wildman–Crippen LogP) is 2.46. The summed E-state index contributed by atoms with van der Waals surface area (Å²) in [4.78, 5) is 0. The van der Waals surface area contributed by atoms with E-state index in [1.807, 2.05) is 31.3 Å². The molecule has 1 N–H and O–H groups in total. The van der Waals surface area contributed by atoms with Gasteiger partial charge in [-0.1, -0.05) is 13.0 Å². The van der Waals surface area contributed by atoms with Crippen LogP contribution in [0.1, 0.15) is 24.5 Å². The van der Waals surface area contributed by atoms with Gasteiger partial charge in [-0.3, -0.25) is 0 Å². The largest absolute Gasteiger partial charge is 0.490 e. The van der Waals surface area contributed by atoms with Gasteiger partial charge in [-0.15, -0.1) is 0 Å². The standard InChI is InChI=1S/C14H18N2O2/c1-3-6-18-14-8-15-16(9-14)13-5-4-12(10-17)11(2)7-13/h4-5,7-9,17H,3,6,10H2,1-2H3. The molecule has 18 heavy (non-hydrogen) atoms. The molecule has 0 aliphatic rings. The van der Waals surface area contributed by atoms with Crippen molar-refractivity contribution in [3.05, 3.63) is 41.7 Å². The van der Waals surface area contributed by atoms with Gasteiger partial charge in [0.2, 0.25) is 0 Å². The Morgan fingerprint density at radius 2 is 2.22 bits per heavy atom. The maximum Gasteiger partial charge on any atom is 0.157 e. The van der Waals surface area contributed by atoms with Crippen molar-refractivity contribution >= 4 is 0 Å². The highest BCUT2D eigenvalue weighted by molar-refractivity contribution is 5.40. The summed E-state index contributed by atoms with van der Waals surface area (Å²) in [5.74, 6) is 0.778. The molecule has 0 fully saturated rings. The molecule has 0 bridgehead atoms. The van der Waals surface area contributed by atoms with E-state index in [-0.39, 0.29) is 6.61 Å². The van der Waals surface area contributed by atoms with Gasteiger partial charge in [-0.05, 0) is 36.6 Å². The second-order valence-corrected chi connectivity index (χ2v) is 4.24.